The van der Waals surface area contributed by atoms with Crippen LogP contribution in [0, 0.1) is 11.8 Å². The molecule has 0 fully saturated rings. The third-order valence-electron chi connectivity index (χ3n) is 7.29. The van der Waals surface area contributed by atoms with E-state index in [-0.39, 0.29) is 0 Å². The van der Waals surface area contributed by atoms with Gasteiger partial charge < -0.3 is 5.11 Å². The maximum Gasteiger partial charge on any atom is 0.0678 e. The van der Waals surface area contributed by atoms with E-state index in [0.717, 1.165) is 12.8 Å². The van der Waals surface area contributed by atoms with Crippen molar-refractivity contribution >= 4 is 0 Å². The molecule has 0 aliphatic carbocycles. The van der Waals surface area contributed by atoms with Gasteiger partial charge >= 0.3 is 0 Å². The molecule has 30 heavy (non-hydrogen) atoms. The van der Waals surface area contributed by atoms with Gasteiger partial charge in [-0.25, -0.2) is 0 Å². The van der Waals surface area contributed by atoms with Gasteiger partial charge in [0.2, 0.25) is 0 Å². The fourth-order valence-electron chi connectivity index (χ4n) is 5.29. The summed E-state index contributed by atoms with van der Waals surface area (Å²) in [6.45, 7) is 11.6. The Morgan fingerprint density at radius 2 is 0.833 bits per heavy atom. The zero-order valence-corrected chi connectivity index (χ0v) is 22.0. The van der Waals surface area contributed by atoms with Crippen LogP contribution in [-0.4, -0.2) is 10.7 Å². The molecule has 1 N–H and O–H groups in total. The number of aliphatic hydroxyl groups is 1. The molecule has 0 aliphatic rings. The van der Waals surface area contributed by atoms with Gasteiger partial charge in [0.25, 0.3) is 0 Å². The maximum atomic E-state index is 11.9. The summed E-state index contributed by atoms with van der Waals surface area (Å²) in [5.74, 6) is 1.07. The second-order valence-electron chi connectivity index (χ2n) is 10.5. The van der Waals surface area contributed by atoms with Gasteiger partial charge in [-0.05, 0) is 31.1 Å². The van der Waals surface area contributed by atoms with Crippen molar-refractivity contribution in [1.29, 1.82) is 0 Å². The monoisotopic (exact) mass is 424 g/mol. The van der Waals surface area contributed by atoms with Crippen LogP contribution in [0.1, 0.15) is 169 Å². The van der Waals surface area contributed by atoms with E-state index in [1.807, 2.05) is 0 Å². The maximum absolute atomic E-state index is 11.9. The molecule has 1 atom stereocenters. The van der Waals surface area contributed by atoms with E-state index in [2.05, 4.69) is 34.6 Å². The summed E-state index contributed by atoms with van der Waals surface area (Å²) >= 11 is 0. The van der Waals surface area contributed by atoms with Crippen LogP contribution in [0.3, 0.4) is 0 Å². The summed E-state index contributed by atoms with van der Waals surface area (Å²) in [5.41, 5.74) is -0.424. The molecule has 0 aromatic carbocycles. The molecule has 1 unspecified atom stereocenters. The van der Waals surface area contributed by atoms with E-state index in [1.165, 1.54) is 122 Å². The van der Waals surface area contributed by atoms with Crippen molar-refractivity contribution in [2.24, 2.45) is 11.8 Å². The van der Waals surface area contributed by atoms with Crippen molar-refractivity contribution in [1.82, 2.24) is 0 Å². The topological polar surface area (TPSA) is 20.2 Å². The van der Waals surface area contributed by atoms with Crippen molar-refractivity contribution in [2.75, 3.05) is 0 Å². The first-order valence-corrected chi connectivity index (χ1v) is 14.2. The predicted molar refractivity (Wildman–Crippen MR) is 137 cm³/mol. The molecular formula is C29H60O. The minimum absolute atomic E-state index is 0.424. The summed E-state index contributed by atoms with van der Waals surface area (Å²) in [6.07, 6.45) is 27.3. The van der Waals surface area contributed by atoms with Crippen molar-refractivity contribution < 1.29 is 5.11 Å². The fourth-order valence-corrected chi connectivity index (χ4v) is 5.29. The Hall–Kier alpha value is -0.0400. The lowest BCUT2D eigenvalue weighted by molar-refractivity contribution is -0.0587. The molecule has 1 nitrogen and oxygen atoms in total. The molecule has 0 heterocycles. The smallest absolute Gasteiger partial charge is 0.0678 e. The minimum Gasteiger partial charge on any atom is -0.390 e. The Morgan fingerprint density at radius 1 is 0.500 bits per heavy atom. The molecular weight excluding hydrogens is 364 g/mol. The standard InChI is InChI=1S/C29H60O/c1-6-9-12-15-18-21-24-28(27(4)5)29(30,25-22-19-16-13-10-7-2)26-23-20-17-14-11-8-3/h27-28,30H,6-26H2,1-5H3. The normalized spacial score (nSPS) is 13.3. The average Bonchev–Trinajstić information content (AvgIpc) is 2.72. The zero-order chi connectivity index (χ0) is 22.5. The number of hydrogen-bond acceptors (Lipinski definition) is 1. The Bertz CT molecular complexity index is 319. The van der Waals surface area contributed by atoms with Gasteiger partial charge in [0.1, 0.15) is 0 Å². The Balaban J connectivity index is 4.64. The molecule has 0 aromatic heterocycles. The summed E-state index contributed by atoms with van der Waals surface area (Å²) in [4.78, 5) is 0. The van der Waals surface area contributed by atoms with Gasteiger partial charge in [-0.2, -0.15) is 0 Å². The van der Waals surface area contributed by atoms with Gasteiger partial charge in [-0.3, -0.25) is 0 Å². The average molecular weight is 425 g/mol. The van der Waals surface area contributed by atoms with E-state index in [9.17, 15) is 5.11 Å². The summed E-state index contributed by atoms with van der Waals surface area (Å²) in [7, 11) is 0. The molecule has 1 heteroatoms. The zero-order valence-electron chi connectivity index (χ0n) is 22.0. The van der Waals surface area contributed by atoms with Crippen LogP contribution in [0.25, 0.3) is 0 Å². The lowest BCUT2D eigenvalue weighted by Gasteiger charge is -2.39. The predicted octanol–water partition coefficient (Wildman–Crippen LogP) is 10.2. The molecule has 0 amide bonds. The first-order valence-electron chi connectivity index (χ1n) is 14.2. The first-order chi connectivity index (χ1) is 14.5. The number of rotatable bonds is 23. The fraction of sp³-hybridized carbons (Fsp3) is 1.00. The van der Waals surface area contributed by atoms with E-state index >= 15 is 0 Å². The molecule has 0 bridgehead atoms. The lowest BCUT2D eigenvalue weighted by Crippen LogP contribution is -2.41. The van der Waals surface area contributed by atoms with Gasteiger partial charge in [0.05, 0.1) is 5.60 Å². The first kappa shape index (κ1) is 30.0. The van der Waals surface area contributed by atoms with Gasteiger partial charge in [0.15, 0.2) is 0 Å². The molecule has 0 aliphatic heterocycles. The van der Waals surface area contributed by atoms with Crippen LogP contribution in [0.15, 0.2) is 0 Å². The van der Waals surface area contributed by atoms with Gasteiger partial charge in [0, 0.05) is 0 Å². The molecule has 0 spiro atoms. The van der Waals surface area contributed by atoms with Crippen molar-refractivity contribution in [3.63, 3.8) is 0 Å². The highest BCUT2D eigenvalue weighted by atomic mass is 16.3. The SMILES string of the molecule is CCCCCCCCC(C(C)C)C(O)(CCCCCCCC)CCCCCCCC. The third-order valence-corrected chi connectivity index (χ3v) is 7.29. The van der Waals surface area contributed by atoms with Crippen LogP contribution in [0.2, 0.25) is 0 Å². The second-order valence-corrected chi connectivity index (χ2v) is 10.5. The molecule has 0 saturated heterocycles. The largest absolute Gasteiger partial charge is 0.390 e. The highest BCUT2D eigenvalue weighted by Gasteiger charge is 2.36. The van der Waals surface area contributed by atoms with E-state index in [0.29, 0.717) is 11.8 Å². The highest BCUT2D eigenvalue weighted by Crippen LogP contribution is 2.38. The Morgan fingerprint density at radius 3 is 1.20 bits per heavy atom. The summed E-state index contributed by atoms with van der Waals surface area (Å²) in [5, 5.41) is 11.9. The van der Waals surface area contributed by atoms with Crippen molar-refractivity contribution in [2.45, 2.75) is 175 Å². The van der Waals surface area contributed by atoms with Gasteiger partial charge in [-0.15, -0.1) is 0 Å². The Labute approximate surface area is 192 Å². The van der Waals surface area contributed by atoms with Crippen LogP contribution in [0.4, 0.5) is 0 Å². The molecule has 182 valence electrons. The Kier molecular flexibility index (Phi) is 20.8. The van der Waals surface area contributed by atoms with Crippen LogP contribution < -0.4 is 0 Å². The molecule has 0 radical (unpaired) electrons. The van der Waals surface area contributed by atoms with Crippen molar-refractivity contribution in [3.8, 4) is 0 Å². The van der Waals surface area contributed by atoms with E-state index in [1.54, 1.807) is 0 Å². The second kappa shape index (κ2) is 20.8. The quantitative estimate of drug-likeness (QED) is 0.162. The number of hydrogen-bond donors (Lipinski definition) is 1. The molecule has 0 saturated carbocycles. The molecule has 0 rings (SSSR count). The number of unbranched alkanes of at least 4 members (excludes halogenated alkanes) is 15. The molecule has 0 aromatic rings. The summed E-state index contributed by atoms with van der Waals surface area (Å²) in [6, 6.07) is 0. The lowest BCUT2D eigenvalue weighted by atomic mass is 9.71. The minimum atomic E-state index is -0.424. The van der Waals surface area contributed by atoms with Crippen LogP contribution in [0.5, 0.6) is 0 Å². The van der Waals surface area contributed by atoms with E-state index < -0.39 is 5.60 Å². The highest BCUT2D eigenvalue weighted by molar-refractivity contribution is 4.88. The van der Waals surface area contributed by atoms with Crippen LogP contribution in [-0.2, 0) is 0 Å². The van der Waals surface area contributed by atoms with Gasteiger partial charge in [-0.1, -0.05) is 150 Å². The van der Waals surface area contributed by atoms with E-state index in [4.69, 9.17) is 0 Å². The van der Waals surface area contributed by atoms with Crippen molar-refractivity contribution in [3.05, 3.63) is 0 Å². The summed E-state index contributed by atoms with van der Waals surface area (Å²) < 4.78 is 0. The third kappa shape index (κ3) is 15.7. The van der Waals surface area contributed by atoms with Crippen LogP contribution >= 0.6 is 0 Å².